The average molecular weight is 502 g/mol. The summed E-state index contributed by atoms with van der Waals surface area (Å²) in [5, 5.41) is 16.0. The molecule has 1 aliphatic rings. The summed E-state index contributed by atoms with van der Waals surface area (Å²) >= 11 is 0. The number of hydrogen-bond acceptors (Lipinski definition) is 6. The van der Waals surface area contributed by atoms with E-state index in [-0.39, 0.29) is 19.6 Å². The van der Waals surface area contributed by atoms with Gasteiger partial charge in [0.2, 0.25) is 11.8 Å². The highest BCUT2D eigenvalue weighted by molar-refractivity contribution is 5.92. The van der Waals surface area contributed by atoms with Gasteiger partial charge in [0.05, 0.1) is 18.8 Å². The van der Waals surface area contributed by atoms with Crippen LogP contribution in [0, 0.1) is 17.8 Å². The fraction of sp³-hybridized carbons (Fsp3) is 0.593. The highest BCUT2D eigenvalue weighted by atomic mass is 16.6. The molecule has 9 heteroatoms. The molecule has 2 rings (SSSR count). The van der Waals surface area contributed by atoms with E-state index in [9.17, 15) is 19.5 Å². The molecule has 1 heterocycles. The fourth-order valence-electron chi connectivity index (χ4n) is 4.01. The van der Waals surface area contributed by atoms with Gasteiger partial charge in [0.1, 0.15) is 17.7 Å². The number of nitrogens with one attached hydrogen (secondary N) is 2. The summed E-state index contributed by atoms with van der Waals surface area (Å²) in [6.07, 6.45) is 3.91. The molecule has 0 spiro atoms. The Kier molecular flexibility index (Phi) is 9.52. The molecular weight excluding hydrogens is 462 g/mol. The van der Waals surface area contributed by atoms with Crippen LogP contribution in [-0.2, 0) is 19.1 Å². The summed E-state index contributed by atoms with van der Waals surface area (Å²) in [7, 11) is 1.53. The van der Waals surface area contributed by atoms with Crippen molar-refractivity contribution in [3.8, 4) is 12.3 Å². The summed E-state index contributed by atoms with van der Waals surface area (Å²) < 4.78 is 10.6. The summed E-state index contributed by atoms with van der Waals surface area (Å²) in [4.78, 5) is 40.8. The number of amides is 3. The lowest BCUT2D eigenvalue weighted by Gasteiger charge is -2.36. The van der Waals surface area contributed by atoms with E-state index < -0.39 is 53.2 Å². The predicted octanol–water partition coefficient (Wildman–Crippen LogP) is 2.37. The fourth-order valence-corrected chi connectivity index (χ4v) is 4.01. The Hall–Kier alpha value is -3.09. The van der Waals surface area contributed by atoms with Crippen molar-refractivity contribution in [2.75, 3.05) is 20.3 Å². The van der Waals surface area contributed by atoms with Gasteiger partial charge in [-0.3, -0.25) is 9.59 Å². The number of likely N-dealkylation sites (tertiary alicyclic amines) is 1. The first kappa shape index (κ1) is 29.1. The van der Waals surface area contributed by atoms with E-state index in [0.29, 0.717) is 5.56 Å². The Labute approximate surface area is 213 Å². The summed E-state index contributed by atoms with van der Waals surface area (Å²) in [5.41, 5.74) is 0.0821. The highest BCUT2D eigenvalue weighted by Crippen LogP contribution is 2.27. The number of terminal acetylenes is 1. The van der Waals surface area contributed by atoms with Gasteiger partial charge in [-0.15, -0.1) is 6.42 Å². The first-order valence-corrected chi connectivity index (χ1v) is 12.0. The SMILES string of the molecule is C#Cc1ccc([C@H](COC)NC(=O)[C@@H]2C[C@@H](O)CN2C(=O)[C@@H](NC(=O)OC(C)(C)C)C(C)(C)C)cc1. The molecule has 1 aliphatic heterocycles. The summed E-state index contributed by atoms with van der Waals surface area (Å²) in [5.74, 6) is 1.66. The molecule has 36 heavy (non-hydrogen) atoms. The number of methoxy groups -OCH3 is 1. The van der Waals surface area contributed by atoms with Crippen molar-refractivity contribution in [2.45, 2.75) is 77.8 Å². The van der Waals surface area contributed by atoms with Crippen LogP contribution in [0.2, 0.25) is 0 Å². The number of alkyl carbamates (subject to hydrolysis) is 1. The molecule has 1 aromatic carbocycles. The first-order chi connectivity index (χ1) is 16.7. The first-order valence-electron chi connectivity index (χ1n) is 12.0. The second-order valence-electron chi connectivity index (χ2n) is 11.1. The summed E-state index contributed by atoms with van der Waals surface area (Å²) in [6, 6.07) is 4.80. The van der Waals surface area contributed by atoms with Crippen LogP contribution in [0.3, 0.4) is 0 Å². The van der Waals surface area contributed by atoms with E-state index in [1.165, 1.54) is 12.0 Å². The van der Waals surface area contributed by atoms with Gasteiger partial charge in [-0.2, -0.15) is 0 Å². The standard InChI is InChI=1S/C27H39N3O6/c1-9-17-10-12-18(13-11-17)20(16-35-8)28-23(32)21-14-19(31)15-30(21)24(33)22(26(2,3)4)29-25(34)36-27(5,6)7/h1,10-13,19-22,31H,14-16H2,2-8H3,(H,28,32)(H,29,34)/t19-,20+,21+,22-/m1/s1. The zero-order chi connectivity index (χ0) is 27.3. The molecule has 4 atom stereocenters. The van der Waals surface area contributed by atoms with Gasteiger partial charge in [0.25, 0.3) is 0 Å². The van der Waals surface area contributed by atoms with E-state index in [0.717, 1.165) is 5.56 Å². The van der Waals surface area contributed by atoms with E-state index in [4.69, 9.17) is 15.9 Å². The molecule has 0 aromatic heterocycles. The van der Waals surface area contributed by atoms with Crippen molar-refractivity contribution in [1.82, 2.24) is 15.5 Å². The van der Waals surface area contributed by atoms with Gasteiger partial charge in [0.15, 0.2) is 0 Å². The second-order valence-corrected chi connectivity index (χ2v) is 11.1. The third-order valence-corrected chi connectivity index (χ3v) is 5.77. The van der Waals surface area contributed by atoms with Crippen molar-refractivity contribution in [3.63, 3.8) is 0 Å². The number of rotatable bonds is 7. The maximum Gasteiger partial charge on any atom is 0.408 e. The Bertz CT molecular complexity index is 971. The number of carbonyl (C=O) groups excluding carboxylic acids is 3. The highest BCUT2D eigenvalue weighted by Gasteiger charge is 2.45. The lowest BCUT2D eigenvalue weighted by atomic mass is 9.85. The Morgan fingerprint density at radius 3 is 2.25 bits per heavy atom. The Balaban J connectivity index is 2.24. The number of β-amino-alcohol motifs (C(OH)–C–C–N with tert-alkyl or cyclic N) is 1. The number of hydrogen-bond donors (Lipinski definition) is 3. The number of aliphatic hydroxyl groups is 1. The van der Waals surface area contributed by atoms with Crippen LogP contribution in [0.25, 0.3) is 0 Å². The van der Waals surface area contributed by atoms with Crippen molar-refractivity contribution < 1.29 is 29.0 Å². The van der Waals surface area contributed by atoms with Crippen LogP contribution < -0.4 is 10.6 Å². The molecule has 3 amide bonds. The molecule has 0 aliphatic carbocycles. The van der Waals surface area contributed by atoms with E-state index in [1.807, 2.05) is 32.9 Å². The lowest BCUT2D eigenvalue weighted by molar-refractivity contribution is -0.142. The van der Waals surface area contributed by atoms with E-state index >= 15 is 0 Å². The Morgan fingerprint density at radius 2 is 1.75 bits per heavy atom. The van der Waals surface area contributed by atoms with Gasteiger partial charge in [-0.25, -0.2) is 4.79 Å². The monoisotopic (exact) mass is 501 g/mol. The predicted molar refractivity (Wildman–Crippen MR) is 136 cm³/mol. The largest absolute Gasteiger partial charge is 0.444 e. The lowest BCUT2D eigenvalue weighted by Crippen LogP contribution is -2.58. The zero-order valence-corrected chi connectivity index (χ0v) is 22.3. The van der Waals surface area contributed by atoms with Gasteiger partial charge in [-0.1, -0.05) is 38.8 Å². The zero-order valence-electron chi connectivity index (χ0n) is 22.3. The molecular formula is C27H39N3O6. The van der Waals surface area contributed by atoms with Gasteiger partial charge in [0, 0.05) is 25.6 Å². The topological polar surface area (TPSA) is 117 Å². The number of benzene rings is 1. The van der Waals surface area contributed by atoms with E-state index in [2.05, 4.69) is 16.6 Å². The number of carbonyl (C=O) groups is 3. The van der Waals surface area contributed by atoms with Crippen molar-refractivity contribution >= 4 is 17.9 Å². The number of nitrogens with zero attached hydrogens (tertiary/aromatic N) is 1. The van der Waals surface area contributed by atoms with Crippen LogP contribution in [0.4, 0.5) is 4.79 Å². The molecule has 1 fully saturated rings. The maximum atomic E-state index is 13.6. The van der Waals surface area contributed by atoms with E-state index in [1.54, 1.807) is 32.9 Å². The quantitative estimate of drug-likeness (QED) is 0.494. The van der Waals surface area contributed by atoms with Gasteiger partial charge in [-0.05, 0) is 43.9 Å². The van der Waals surface area contributed by atoms with Crippen LogP contribution in [0.15, 0.2) is 24.3 Å². The van der Waals surface area contributed by atoms with Crippen LogP contribution in [-0.4, -0.2) is 72.0 Å². The minimum absolute atomic E-state index is 0.0225. The molecule has 0 saturated carbocycles. The normalized spacial score (nSPS) is 19.7. The molecule has 9 nitrogen and oxygen atoms in total. The Morgan fingerprint density at radius 1 is 1.14 bits per heavy atom. The third kappa shape index (κ3) is 7.97. The maximum absolute atomic E-state index is 13.6. The smallest absolute Gasteiger partial charge is 0.408 e. The minimum Gasteiger partial charge on any atom is -0.444 e. The van der Waals surface area contributed by atoms with Crippen LogP contribution in [0.5, 0.6) is 0 Å². The van der Waals surface area contributed by atoms with Gasteiger partial charge < -0.3 is 30.1 Å². The second kappa shape index (κ2) is 11.8. The van der Waals surface area contributed by atoms with Crippen molar-refractivity contribution in [3.05, 3.63) is 35.4 Å². The average Bonchev–Trinajstić information content (AvgIpc) is 3.16. The molecule has 0 bridgehead atoms. The van der Waals surface area contributed by atoms with Crippen LogP contribution in [0.1, 0.15) is 65.1 Å². The molecule has 3 N–H and O–H groups in total. The molecule has 0 radical (unpaired) electrons. The van der Waals surface area contributed by atoms with Crippen LogP contribution >= 0.6 is 0 Å². The number of ether oxygens (including phenoxy) is 2. The minimum atomic E-state index is -0.973. The molecule has 1 aromatic rings. The van der Waals surface area contributed by atoms with Gasteiger partial charge >= 0.3 is 6.09 Å². The third-order valence-electron chi connectivity index (χ3n) is 5.77. The molecule has 0 unspecified atom stereocenters. The summed E-state index contributed by atoms with van der Waals surface area (Å²) in [6.45, 7) is 10.8. The van der Waals surface area contributed by atoms with Crippen molar-refractivity contribution in [1.29, 1.82) is 0 Å². The molecule has 1 saturated heterocycles. The van der Waals surface area contributed by atoms with Crippen molar-refractivity contribution in [2.24, 2.45) is 5.41 Å². The molecule has 198 valence electrons. The number of aliphatic hydroxyl groups excluding tert-OH is 1.